The van der Waals surface area contributed by atoms with Gasteiger partial charge in [-0.05, 0) is 19.1 Å². The van der Waals surface area contributed by atoms with E-state index in [0.29, 0.717) is 11.5 Å². The number of ether oxygens (including phenoxy) is 1. The smallest absolute Gasteiger partial charge is 0.229 e. The first-order valence-corrected chi connectivity index (χ1v) is 10.0. The van der Waals surface area contributed by atoms with Crippen LogP contribution in [0.4, 0.5) is 0 Å². The van der Waals surface area contributed by atoms with Gasteiger partial charge >= 0.3 is 0 Å². The molecular formula is C24H20N6O. The van der Waals surface area contributed by atoms with Gasteiger partial charge < -0.3 is 10.5 Å². The van der Waals surface area contributed by atoms with Crippen LogP contribution in [-0.2, 0) is 6.54 Å². The predicted octanol–water partition coefficient (Wildman–Crippen LogP) is 3.97. The fourth-order valence-corrected chi connectivity index (χ4v) is 3.93. The van der Waals surface area contributed by atoms with Crippen molar-refractivity contribution in [1.82, 2.24) is 19.6 Å². The summed E-state index contributed by atoms with van der Waals surface area (Å²) in [5.74, 6) is 0.165. The van der Waals surface area contributed by atoms with Gasteiger partial charge in [0.1, 0.15) is 17.3 Å². The molecule has 3 heterocycles. The average molecular weight is 408 g/mol. The van der Waals surface area contributed by atoms with Crippen molar-refractivity contribution in [3.8, 4) is 28.9 Å². The molecule has 152 valence electrons. The van der Waals surface area contributed by atoms with Crippen LogP contribution in [0.1, 0.15) is 24.0 Å². The van der Waals surface area contributed by atoms with Crippen molar-refractivity contribution in [2.45, 2.75) is 19.4 Å². The van der Waals surface area contributed by atoms with Gasteiger partial charge in [0.05, 0.1) is 23.4 Å². The minimum atomic E-state index is -0.429. The molecule has 1 unspecified atom stereocenters. The largest absolute Gasteiger partial charge is 0.422 e. The Labute approximate surface area is 179 Å². The molecule has 0 aliphatic carbocycles. The summed E-state index contributed by atoms with van der Waals surface area (Å²) in [4.78, 5) is 0. The minimum absolute atomic E-state index is 0.0842. The number of nitrogens with two attached hydrogens (primary N) is 1. The molecule has 0 saturated heterocycles. The van der Waals surface area contributed by atoms with Crippen molar-refractivity contribution in [2.75, 3.05) is 0 Å². The lowest BCUT2D eigenvalue weighted by Crippen LogP contribution is -2.21. The number of aryl methyl sites for hydroxylation is 1. The van der Waals surface area contributed by atoms with Gasteiger partial charge in [-0.3, -0.25) is 4.68 Å². The molecule has 2 aromatic carbocycles. The Morgan fingerprint density at radius 3 is 2.45 bits per heavy atom. The third kappa shape index (κ3) is 3.06. The summed E-state index contributed by atoms with van der Waals surface area (Å²) < 4.78 is 9.59. The van der Waals surface area contributed by atoms with Crippen molar-refractivity contribution in [3.63, 3.8) is 0 Å². The number of nitriles is 1. The fourth-order valence-electron chi connectivity index (χ4n) is 3.93. The second-order valence-electron chi connectivity index (χ2n) is 7.23. The quantitative estimate of drug-likeness (QED) is 0.551. The zero-order valence-electron chi connectivity index (χ0n) is 16.9. The van der Waals surface area contributed by atoms with E-state index in [4.69, 9.17) is 15.6 Å². The molecule has 1 aliphatic heterocycles. The van der Waals surface area contributed by atoms with E-state index in [1.54, 1.807) is 10.9 Å². The maximum absolute atomic E-state index is 9.95. The number of hydrogen-bond acceptors (Lipinski definition) is 5. The van der Waals surface area contributed by atoms with Gasteiger partial charge in [0.15, 0.2) is 0 Å². The van der Waals surface area contributed by atoms with E-state index in [9.17, 15) is 5.26 Å². The minimum Gasteiger partial charge on any atom is -0.422 e. The van der Waals surface area contributed by atoms with E-state index >= 15 is 0 Å². The van der Waals surface area contributed by atoms with Crippen LogP contribution < -0.4 is 10.5 Å². The zero-order valence-corrected chi connectivity index (χ0v) is 16.9. The number of fused-ring (bicyclic) bond motifs is 1. The number of hydrogen-bond donors (Lipinski definition) is 1. The lowest BCUT2D eigenvalue weighted by atomic mass is 9.84. The van der Waals surface area contributed by atoms with Crippen molar-refractivity contribution in [1.29, 1.82) is 5.26 Å². The van der Waals surface area contributed by atoms with Crippen LogP contribution in [0.25, 0.3) is 16.9 Å². The molecule has 2 N–H and O–H groups in total. The van der Waals surface area contributed by atoms with Gasteiger partial charge in [0, 0.05) is 23.9 Å². The highest BCUT2D eigenvalue weighted by atomic mass is 16.5. The second kappa shape index (κ2) is 7.50. The van der Waals surface area contributed by atoms with Crippen LogP contribution in [0.2, 0.25) is 0 Å². The monoisotopic (exact) mass is 408 g/mol. The Morgan fingerprint density at radius 2 is 1.81 bits per heavy atom. The zero-order chi connectivity index (χ0) is 21.4. The average Bonchev–Trinajstić information content (AvgIpc) is 3.44. The number of allylic oxidation sites excluding steroid dienone is 1. The topological polar surface area (TPSA) is 94.7 Å². The lowest BCUT2D eigenvalue weighted by molar-refractivity contribution is 0.367. The molecule has 4 aromatic rings. The lowest BCUT2D eigenvalue weighted by Gasteiger charge is -2.24. The Balaban J connectivity index is 1.82. The van der Waals surface area contributed by atoms with E-state index in [2.05, 4.69) is 11.2 Å². The van der Waals surface area contributed by atoms with Crippen LogP contribution in [0.15, 0.2) is 84.5 Å². The number of aromatic nitrogens is 4. The van der Waals surface area contributed by atoms with E-state index < -0.39 is 5.92 Å². The molecular weight excluding hydrogens is 388 g/mol. The Kier molecular flexibility index (Phi) is 4.53. The molecule has 2 aromatic heterocycles. The summed E-state index contributed by atoms with van der Waals surface area (Å²) in [6.07, 6.45) is 3.72. The Hall–Kier alpha value is -4.31. The van der Waals surface area contributed by atoms with E-state index in [-0.39, 0.29) is 5.88 Å². The molecule has 0 fully saturated rings. The molecule has 0 amide bonds. The van der Waals surface area contributed by atoms with Crippen molar-refractivity contribution in [3.05, 3.63) is 95.6 Å². The van der Waals surface area contributed by atoms with Crippen LogP contribution >= 0.6 is 0 Å². The first kappa shape index (κ1) is 18.7. The van der Waals surface area contributed by atoms with Crippen molar-refractivity contribution in [2.24, 2.45) is 5.73 Å². The highest BCUT2D eigenvalue weighted by Crippen LogP contribution is 2.47. The number of benzene rings is 2. The van der Waals surface area contributed by atoms with E-state index in [1.165, 1.54) is 0 Å². The second-order valence-corrected chi connectivity index (χ2v) is 7.23. The first-order chi connectivity index (χ1) is 15.2. The van der Waals surface area contributed by atoms with Crippen molar-refractivity contribution < 1.29 is 4.74 Å². The molecule has 7 heteroatoms. The number of rotatable bonds is 4. The molecule has 31 heavy (non-hydrogen) atoms. The fraction of sp³-hybridized carbons (Fsp3) is 0.125. The Bertz CT molecular complexity index is 1310. The molecule has 0 saturated carbocycles. The molecule has 7 nitrogen and oxygen atoms in total. The van der Waals surface area contributed by atoms with Gasteiger partial charge in [0.25, 0.3) is 0 Å². The molecule has 1 atom stereocenters. The summed E-state index contributed by atoms with van der Waals surface area (Å²) in [6.45, 7) is 2.75. The van der Waals surface area contributed by atoms with Gasteiger partial charge in [-0.25, -0.2) is 0 Å². The maximum Gasteiger partial charge on any atom is 0.229 e. The summed E-state index contributed by atoms with van der Waals surface area (Å²) in [5.41, 5.74) is 10.8. The molecule has 5 rings (SSSR count). The summed E-state index contributed by atoms with van der Waals surface area (Å²) in [5, 5.41) is 19.3. The highest BCUT2D eigenvalue weighted by Gasteiger charge is 2.38. The molecule has 0 radical (unpaired) electrons. The van der Waals surface area contributed by atoms with E-state index in [0.717, 1.165) is 34.6 Å². The van der Waals surface area contributed by atoms with Crippen LogP contribution in [0.5, 0.6) is 5.88 Å². The standard InChI is InChI=1S/C24H20N6O/c1-2-29-15-17(14-27-29)20-19(13-25)23(26)31-24-21(20)22(16-9-5-3-6-10-16)28-30(24)18-11-7-4-8-12-18/h3-12,14-15,20H,2,26H2,1H3. The van der Waals surface area contributed by atoms with Gasteiger partial charge in [-0.1, -0.05) is 48.5 Å². The van der Waals surface area contributed by atoms with Crippen molar-refractivity contribution >= 4 is 0 Å². The summed E-state index contributed by atoms with van der Waals surface area (Å²) >= 11 is 0. The predicted molar refractivity (Wildman–Crippen MR) is 116 cm³/mol. The third-order valence-corrected chi connectivity index (χ3v) is 5.41. The SMILES string of the molecule is CCn1cc(C2C(C#N)=C(N)Oc3c2c(-c2ccccc2)nn3-c2ccccc2)cn1. The van der Waals surface area contributed by atoms with Gasteiger partial charge in [-0.2, -0.15) is 20.1 Å². The van der Waals surface area contributed by atoms with Crippen LogP contribution in [-0.4, -0.2) is 19.6 Å². The first-order valence-electron chi connectivity index (χ1n) is 10.0. The van der Waals surface area contributed by atoms with Gasteiger partial charge in [-0.15, -0.1) is 0 Å². The number of nitrogens with zero attached hydrogens (tertiary/aromatic N) is 5. The highest BCUT2D eigenvalue weighted by molar-refractivity contribution is 5.72. The van der Waals surface area contributed by atoms with Crippen LogP contribution in [0.3, 0.4) is 0 Å². The molecule has 0 spiro atoms. The maximum atomic E-state index is 9.95. The summed E-state index contributed by atoms with van der Waals surface area (Å²) in [6, 6.07) is 21.9. The van der Waals surface area contributed by atoms with E-state index in [1.807, 2.05) is 78.5 Å². The van der Waals surface area contributed by atoms with Gasteiger partial charge in [0.2, 0.25) is 11.8 Å². The molecule has 0 bridgehead atoms. The molecule has 1 aliphatic rings. The Morgan fingerprint density at radius 1 is 1.10 bits per heavy atom. The number of para-hydroxylation sites is 1. The van der Waals surface area contributed by atoms with Crippen LogP contribution in [0, 0.1) is 11.3 Å². The summed E-state index contributed by atoms with van der Waals surface area (Å²) in [7, 11) is 0. The normalized spacial score (nSPS) is 15.3. The third-order valence-electron chi connectivity index (χ3n) is 5.41.